The Labute approximate surface area is 118 Å². The minimum Gasteiger partial charge on any atom is -0.398 e. The van der Waals surface area contributed by atoms with Crippen molar-refractivity contribution >= 4 is 23.2 Å². The van der Waals surface area contributed by atoms with Gasteiger partial charge in [0.15, 0.2) is 0 Å². The normalized spacial score (nSPS) is 23.1. The maximum absolute atomic E-state index is 12.4. The number of hydrogen-bond donors (Lipinski definition) is 2. The number of likely N-dealkylation sites (N-methyl/N-ethyl adjacent to an activating group) is 1. The van der Waals surface area contributed by atoms with Crippen LogP contribution in [-0.4, -0.2) is 35.1 Å². The van der Waals surface area contributed by atoms with E-state index >= 15 is 0 Å². The quantitative estimate of drug-likeness (QED) is 0.818. The Kier molecular flexibility index (Phi) is 4.32. The summed E-state index contributed by atoms with van der Waals surface area (Å²) in [7, 11) is 1.71. The molecule has 19 heavy (non-hydrogen) atoms. The SMILES string of the molecule is CN(C(=O)c1cc(Cl)ccc1N)C1CCCCC1O. The molecule has 104 valence electrons. The Morgan fingerprint density at radius 2 is 2.11 bits per heavy atom. The molecular weight excluding hydrogens is 264 g/mol. The second kappa shape index (κ2) is 5.80. The highest BCUT2D eigenvalue weighted by molar-refractivity contribution is 6.31. The molecule has 1 aliphatic carbocycles. The van der Waals surface area contributed by atoms with Gasteiger partial charge in [-0.2, -0.15) is 0 Å². The molecule has 2 atom stereocenters. The first-order valence-corrected chi connectivity index (χ1v) is 6.88. The van der Waals surface area contributed by atoms with Crippen LogP contribution in [-0.2, 0) is 0 Å². The van der Waals surface area contributed by atoms with Gasteiger partial charge in [0.2, 0.25) is 0 Å². The van der Waals surface area contributed by atoms with Crippen LogP contribution in [0.5, 0.6) is 0 Å². The van der Waals surface area contributed by atoms with Gasteiger partial charge in [0, 0.05) is 17.8 Å². The summed E-state index contributed by atoms with van der Waals surface area (Å²) in [4.78, 5) is 14.0. The van der Waals surface area contributed by atoms with E-state index in [1.54, 1.807) is 30.1 Å². The Hall–Kier alpha value is -1.26. The number of nitrogens with zero attached hydrogens (tertiary/aromatic N) is 1. The Balaban J connectivity index is 2.20. The summed E-state index contributed by atoms with van der Waals surface area (Å²) in [5.41, 5.74) is 6.63. The highest BCUT2D eigenvalue weighted by Gasteiger charge is 2.30. The van der Waals surface area contributed by atoms with E-state index < -0.39 is 6.10 Å². The van der Waals surface area contributed by atoms with Gasteiger partial charge in [-0.05, 0) is 31.0 Å². The van der Waals surface area contributed by atoms with Crippen LogP contribution in [0.25, 0.3) is 0 Å². The summed E-state index contributed by atoms with van der Waals surface area (Å²) >= 11 is 5.90. The number of nitrogens with two attached hydrogens (primary N) is 1. The molecule has 1 aliphatic rings. The summed E-state index contributed by atoms with van der Waals surface area (Å²) < 4.78 is 0. The lowest BCUT2D eigenvalue weighted by molar-refractivity contribution is 0.0268. The van der Waals surface area contributed by atoms with Gasteiger partial charge in [-0.25, -0.2) is 0 Å². The largest absolute Gasteiger partial charge is 0.398 e. The predicted molar refractivity (Wildman–Crippen MR) is 76.2 cm³/mol. The second-order valence-electron chi connectivity index (χ2n) is 5.07. The maximum Gasteiger partial charge on any atom is 0.256 e. The summed E-state index contributed by atoms with van der Waals surface area (Å²) in [6.45, 7) is 0. The van der Waals surface area contributed by atoms with Crippen LogP contribution in [0.2, 0.25) is 5.02 Å². The van der Waals surface area contributed by atoms with Crippen molar-refractivity contribution < 1.29 is 9.90 Å². The van der Waals surface area contributed by atoms with Crippen molar-refractivity contribution in [1.82, 2.24) is 4.90 Å². The lowest BCUT2D eigenvalue weighted by Gasteiger charge is -2.35. The molecule has 1 amide bonds. The van der Waals surface area contributed by atoms with Crippen molar-refractivity contribution in [1.29, 1.82) is 0 Å². The molecule has 0 bridgehead atoms. The monoisotopic (exact) mass is 282 g/mol. The number of anilines is 1. The van der Waals surface area contributed by atoms with E-state index in [1.165, 1.54) is 0 Å². The van der Waals surface area contributed by atoms with Gasteiger partial charge < -0.3 is 15.7 Å². The molecule has 1 saturated carbocycles. The summed E-state index contributed by atoms with van der Waals surface area (Å²) in [5.74, 6) is -0.189. The van der Waals surface area contributed by atoms with E-state index in [0.29, 0.717) is 16.3 Å². The number of halogens is 1. The predicted octanol–water partition coefficient (Wildman–Crippen LogP) is 2.30. The molecule has 3 N–H and O–H groups in total. The van der Waals surface area contributed by atoms with E-state index in [9.17, 15) is 9.90 Å². The first-order chi connectivity index (χ1) is 9.00. The molecule has 0 spiro atoms. The highest BCUT2D eigenvalue weighted by Crippen LogP contribution is 2.25. The Bertz CT molecular complexity index is 479. The Morgan fingerprint density at radius 3 is 2.79 bits per heavy atom. The third-order valence-corrected chi connectivity index (χ3v) is 3.99. The number of amides is 1. The van der Waals surface area contributed by atoms with Gasteiger partial charge in [0.25, 0.3) is 5.91 Å². The zero-order valence-electron chi connectivity index (χ0n) is 11.0. The van der Waals surface area contributed by atoms with Crippen molar-refractivity contribution in [2.24, 2.45) is 0 Å². The molecule has 0 heterocycles. The fraction of sp³-hybridized carbons (Fsp3) is 0.500. The summed E-state index contributed by atoms with van der Waals surface area (Å²) in [6.07, 6.45) is 3.16. The number of hydrogen-bond acceptors (Lipinski definition) is 3. The number of nitrogen functional groups attached to an aromatic ring is 1. The fourth-order valence-electron chi connectivity index (χ4n) is 2.60. The average molecular weight is 283 g/mol. The molecule has 0 saturated heterocycles. The van der Waals surface area contributed by atoms with Crippen molar-refractivity contribution in [3.63, 3.8) is 0 Å². The van der Waals surface area contributed by atoms with Crippen LogP contribution >= 0.6 is 11.6 Å². The Morgan fingerprint density at radius 1 is 1.42 bits per heavy atom. The number of benzene rings is 1. The zero-order chi connectivity index (χ0) is 14.0. The average Bonchev–Trinajstić information content (AvgIpc) is 2.40. The van der Waals surface area contributed by atoms with Gasteiger partial charge in [0.1, 0.15) is 0 Å². The molecule has 0 aromatic heterocycles. The molecule has 0 radical (unpaired) electrons. The van der Waals surface area contributed by atoms with Crippen LogP contribution in [0.3, 0.4) is 0 Å². The molecule has 1 aromatic carbocycles. The lowest BCUT2D eigenvalue weighted by atomic mass is 9.91. The van der Waals surface area contributed by atoms with Crippen LogP contribution in [0.4, 0.5) is 5.69 Å². The highest BCUT2D eigenvalue weighted by atomic mass is 35.5. The molecule has 1 fully saturated rings. The lowest BCUT2D eigenvalue weighted by Crippen LogP contribution is -2.46. The van der Waals surface area contributed by atoms with Gasteiger partial charge in [0.05, 0.1) is 17.7 Å². The zero-order valence-corrected chi connectivity index (χ0v) is 11.7. The second-order valence-corrected chi connectivity index (χ2v) is 5.50. The first-order valence-electron chi connectivity index (χ1n) is 6.51. The maximum atomic E-state index is 12.4. The smallest absolute Gasteiger partial charge is 0.256 e. The van der Waals surface area contributed by atoms with Crippen LogP contribution in [0, 0.1) is 0 Å². The third kappa shape index (κ3) is 3.01. The molecule has 0 aliphatic heterocycles. The molecule has 2 unspecified atom stereocenters. The summed E-state index contributed by atoms with van der Waals surface area (Å²) in [6, 6.07) is 4.72. The number of aliphatic hydroxyl groups is 1. The number of aliphatic hydroxyl groups excluding tert-OH is 1. The fourth-order valence-corrected chi connectivity index (χ4v) is 2.77. The molecule has 4 nitrogen and oxygen atoms in total. The van der Waals surface area contributed by atoms with Crippen LogP contribution in [0.1, 0.15) is 36.0 Å². The topological polar surface area (TPSA) is 66.6 Å². The molecule has 1 aromatic rings. The van der Waals surface area contributed by atoms with Gasteiger partial charge >= 0.3 is 0 Å². The van der Waals surface area contributed by atoms with E-state index in [0.717, 1.165) is 25.7 Å². The van der Waals surface area contributed by atoms with E-state index in [1.807, 2.05) is 0 Å². The molecule has 2 rings (SSSR count). The van der Waals surface area contributed by atoms with Crippen molar-refractivity contribution in [2.75, 3.05) is 12.8 Å². The number of rotatable bonds is 2. The first kappa shape index (κ1) is 14.2. The minimum atomic E-state index is -0.455. The standard InChI is InChI=1S/C14H19ClN2O2/c1-17(12-4-2-3-5-13(12)18)14(19)10-8-9(15)6-7-11(10)16/h6-8,12-13,18H,2-5,16H2,1H3. The number of carbonyl (C=O) groups excluding carboxylic acids is 1. The molecule has 5 heteroatoms. The van der Waals surface area contributed by atoms with E-state index in [4.69, 9.17) is 17.3 Å². The third-order valence-electron chi connectivity index (χ3n) is 3.76. The van der Waals surface area contributed by atoms with E-state index in [2.05, 4.69) is 0 Å². The van der Waals surface area contributed by atoms with Gasteiger partial charge in [-0.1, -0.05) is 24.4 Å². The van der Waals surface area contributed by atoms with Crippen molar-refractivity contribution in [2.45, 2.75) is 37.8 Å². The van der Waals surface area contributed by atoms with Crippen molar-refractivity contribution in [3.05, 3.63) is 28.8 Å². The van der Waals surface area contributed by atoms with Crippen molar-refractivity contribution in [3.8, 4) is 0 Å². The van der Waals surface area contributed by atoms with Gasteiger partial charge in [-0.15, -0.1) is 0 Å². The van der Waals surface area contributed by atoms with Gasteiger partial charge in [-0.3, -0.25) is 4.79 Å². The number of carbonyl (C=O) groups is 1. The van der Waals surface area contributed by atoms with E-state index in [-0.39, 0.29) is 11.9 Å². The van der Waals surface area contributed by atoms with Crippen LogP contribution in [0.15, 0.2) is 18.2 Å². The van der Waals surface area contributed by atoms with Crippen LogP contribution < -0.4 is 5.73 Å². The minimum absolute atomic E-state index is 0.139. The molecular formula is C14H19ClN2O2. The summed E-state index contributed by atoms with van der Waals surface area (Å²) in [5, 5.41) is 10.5.